The first-order valence-electron chi connectivity index (χ1n) is 5.18. The van der Waals surface area contributed by atoms with Crippen LogP contribution in [0.1, 0.15) is 20.3 Å². The van der Waals surface area contributed by atoms with E-state index in [1.807, 2.05) is 0 Å². The topological polar surface area (TPSA) is 63.2 Å². The van der Waals surface area contributed by atoms with E-state index in [4.69, 9.17) is 0 Å². The van der Waals surface area contributed by atoms with Crippen molar-refractivity contribution in [1.82, 2.24) is 4.72 Å². The van der Waals surface area contributed by atoms with Crippen molar-refractivity contribution in [1.29, 1.82) is 0 Å². The Kier molecular flexibility index (Phi) is 4.36. The fourth-order valence-corrected chi connectivity index (χ4v) is 2.64. The lowest BCUT2D eigenvalue weighted by molar-refractivity contribution is -0.119. The van der Waals surface area contributed by atoms with E-state index in [-0.39, 0.29) is 12.2 Å². The molecule has 0 saturated carbocycles. The zero-order valence-corrected chi connectivity index (χ0v) is 10.4. The minimum absolute atomic E-state index is 0.223. The van der Waals surface area contributed by atoms with Crippen LogP contribution < -0.4 is 4.72 Å². The van der Waals surface area contributed by atoms with Gasteiger partial charge < -0.3 is 0 Å². The molecule has 0 radical (unpaired) electrons. The van der Waals surface area contributed by atoms with Gasteiger partial charge >= 0.3 is 0 Å². The Labute approximate surface area is 99.9 Å². The minimum Gasteiger partial charge on any atom is -0.298 e. The molecule has 0 bridgehead atoms. The average molecular weight is 259 g/mol. The Morgan fingerprint density at radius 2 is 2.00 bits per heavy atom. The third kappa shape index (κ3) is 3.34. The van der Waals surface area contributed by atoms with Crippen LogP contribution in [0.2, 0.25) is 0 Å². The molecule has 6 heteroatoms. The Morgan fingerprint density at radius 3 is 2.53 bits per heavy atom. The summed E-state index contributed by atoms with van der Waals surface area (Å²) in [7, 11) is -3.99. The summed E-state index contributed by atoms with van der Waals surface area (Å²) in [4.78, 5) is 10.8. The molecule has 1 atom stereocenters. The third-order valence-corrected chi connectivity index (χ3v) is 3.86. The molecular formula is C11H14FNO3S. The lowest BCUT2D eigenvalue weighted by Crippen LogP contribution is -2.38. The summed E-state index contributed by atoms with van der Waals surface area (Å²) in [5.41, 5.74) is 0. The van der Waals surface area contributed by atoms with E-state index in [9.17, 15) is 17.6 Å². The molecule has 0 aliphatic carbocycles. The molecule has 0 aliphatic heterocycles. The lowest BCUT2D eigenvalue weighted by atomic mass is 10.2. The number of hydrogen-bond donors (Lipinski definition) is 1. The predicted molar refractivity (Wildman–Crippen MR) is 61.5 cm³/mol. The average Bonchev–Trinajstić information content (AvgIpc) is 2.27. The third-order valence-electron chi connectivity index (χ3n) is 2.29. The zero-order valence-electron chi connectivity index (χ0n) is 9.60. The first kappa shape index (κ1) is 13.8. The SMILES string of the molecule is CCC(=O)C(C)NS(=O)(=O)c1ccccc1F. The molecule has 0 aromatic heterocycles. The van der Waals surface area contributed by atoms with Crippen LogP contribution in [-0.2, 0) is 14.8 Å². The van der Waals surface area contributed by atoms with Crippen LogP contribution in [0.4, 0.5) is 4.39 Å². The zero-order chi connectivity index (χ0) is 13.1. The summed E-state index contributed by atoms with van der Waals surface area (Å²) in [6.45, 7) is 3.07. The van der Waals surface area contributed by atoms with Crippen LogP contribution >= 0.6 is 0 Å². The van der Waals surface area contributed by atoms with Gasteiger partial charge in [-0.15, -0.1) is 0 Å². The Hall–Kier alpha value is -1.27. The van der Waals surface area contributed by atoms with Crippen molar-refractivity contribution in [3.8, 4) is 0 Å². The van der Waals surface area contributed by atoms with Crippen molar-refractivity contribution in [3.63, 3.8) is 0 Å². The standard InChI is InChI=1S/C11H14FNO3S/c1-3-10(14)8(2)13-17(15,16)11-7-5-4-6-9(11)12/h4-8,13H,3H2,1-2H3. The van der Waals surface area contributed by atoms with Gasteiger partial charge in [-0.3, -0.25) is 4.79 Å². The molecule has 0 spiro atoms. The predicted octanol–water partition coefficient (Wildman–Crippen LogP) is 1.47. The molecule has 1 aromatic rings. The number of nitrogens with one attached hydrogen (secondary N) is 1. The van der Waals surface area contributed by atoms with Crippen LogP contribution in [0.25, 0.3) is 0 Å². The van der Waals surface area contributed by atoms with E-state index in [1.165, 1.54) is 19.1 Å². The summed E-state index contributed by atoms with van der Waals surface area (Å²) in [6.07, 6.45) is 0.223. The smallest absolute Gasteiger partial charge is 0.244 e. The first-order valence-corrected chi connectivity index (χ1v) is 6.66. The van der Waals surface area contributed by atoms with E-state index in [0.717, 1.165) is 12.1 Å². The fourth-order valence-electron chi connectivity index (χ4n) is 1.33. The van der Waals surface area contributed by atoms with Crippen molar-refractivity contribution in [2.24, 2.45) is 0 Å². The summed E-state index contributed by atoms with van der Waals surface area (Å²) < 4.78 is 39.0. The highest BCUT2D eigenvalue weighted by atomic mass is 32.2. The molecule has 1 N–H and O–H groups in total. The van der Waals surface area contributed by atoms with Gasteiger partial charge in [0.15, 0.2) is 0 Å². The minimum atomic E-state index is -3.99. The summed E-state index contributed by atoms with van der Waals surface area (Å²) in [5, 5.41) is 0. The number of sulfonamides is 1. The highest BCUT2D eigenvalue weighted by Crippen LogP contribution is 2.13. The highest BCUT2D eigenvalue weighted by molar-refractivity contribution is 7.89. The Balaban J connectivity index is 2.98. The monoisotopic (exact) mass is 259 g/mol. The van der Waals surface area contributed by atoms with Crippen LogP contribution in [0, 0.1) is 5.82 Å². The number of carbonyl (C=O) groups is 1. The van der Waals surface area contributed by atoms with Gasteiger partial charge in [0.25, 0.3) is 0 Å². The largest absolute Gasteiger partial charge is 0.298 e. The molecule has 0 aliphatic rings. The maximum atomic E-state index is 13.3. The van der Waals surface area contributed by atoms with Crippen molar-refractivity contribution in [3.05, 3.63) is 30.1 Å². The summed E-state index contributed by atoms with van der Waals surface area (Å²) >= 11 is 0. The first-order chi connectivity index (χ1) is 7.88. The quantitative estimate of drug-likeness (QED) is 0.871. The second-order valence-corrected chi connectivity index (χ2v) is 5.28. The van der Waals surface area contributed by atoms with E-state index < -0.39 is 26.8 Å². The number of carbonyl (C=O) groups excluding carboxylic acids is 1. The molecule has 0 heterocycles. The molecule has 17 heavy (non-hydrogen) atoms. The van der Waals surface area contributed by atoms with E-state index in [1.54, 1.807) is 6.92 Å². The van der Waals surface area contributed by atoms with Crippen molar-refractivity contribution in [2.45, 2.75) is 31.2 Å². The number of halogens is 1. The molecule has 4 nitrogen and oxygen atoms in total. The molecule has 0 fully saturated rings. The molecule has 1 aromatic carbocycles. The van der Waals surface area contributed by atoms with Gasteiger partial charge in [-0.1, -0.05) is 19.1 Å². The Morgan fingerprint density at radius 1 is 1.41 bits per heavy atom. The Bertz CT molecular complexity index is 513. The maximum absolute atomic E-state index is 13.3. The number of hydrogen-bond acceptors (Lipinski definition) is 3. The van der Waals surface area contributed by atoms with Crippen molar-refractivity contribution >= 4 is 15.8 Å². The second-order valence-electron chi connectivity index (χ2n) is 3.59. The molecule has 94 valence electrons. The van der Waals surface area contributed by atoms with E-state index in [0.29, 0.717) is 0 Å². The second kappa shape index (κ2) is 5.37. The fraction of sp³-hybridized carbons (Fsp3) is 0.364. The van der Waals surface area contributed by atoms with Crippen molar-refractivity contribution < 1.29 is 17.6 Å². The molecule has 0 saturated heterocycles. The van der Waals surface area contributed by atoms with Crippen molar-refractivity contribution in [2.75, 3.05) is 0 Å². The van der Waals surface area contributed by atoms with Gasteiger partial charge in [0.1, 0.15) is 16.5 Å². The molecule has 1 rings (SSSR count). The van der Waals surface area contributed by atoms with Crippen LogP contribution in [0.3, 0.4) is 0 Å². The van der Waals surface area contributed by atoms with Gasteiger partial charge in [-0.2, -0.15) is 0 Å². The highest BCUT2D eigenvalue weighted by Gasteiger charge is 2.23. The number of rotatable bonds is 5. The normalized spacial score (nSPS) is 13.4. The van der Waals surface area contributed by atoms with Gasteiger partial charge in [0.2, 0.25) is 10.0 Å². The summed E-state index contributed by atoms with van der Waals surface area (Å²) in [6, 6.07) is 4.17. The number of benzene rings is 1. The van der Waals surface area contributed by atoms with Gasteiger partial charge in [-0.25, -0.2) is 17.5 Å². The van der Waals surface area contributed by atoms with E-state index in [2.05, 4.69) is 4.72 Å². The van der Waals surface area contributed by atoms with Gasteiger partial charge in [-0.05, 0) is 19.1 Å². The van der Waals surface area contributed by atoms with Crippen LogP contribution in [-0.4, -0.2) is 20.2 Å². The number of Topliss-reactive ketones (excluding diaryl/α,β-unsaturated/α-hetero) is 1. The molecule has 0 amide bonds. The van der Waals surface area contributed by atoms with Gasteiger partial charge in [0, 0.05) is 6.42 Å². The lowest BCUT2D eigenvalue weighted by Gasteiger charge is -2.12. The van der Waals surface area contributed by atoms with Crippen LogP contribution in [0.5, 0.6) is 0 Å². The molecular weight excluding hydrogens is 245 g/mol. The van der Waals surface area contributed by atoms with E-state index >= 15 is 0 Å². The summed E-state index contributed by atoms with van der Waals surface area (Å²) in [5.74, 6) is -1.08. The maximum Gasteiger partial charge on any atom is 0.244 e. The van der Waals surface area contributed by atoms with Crippen LogP contribution in [0.15, 0.2) is 29.2 Å². The van der Waals surface area contributed by atoms with Gasteiger partial charge in [0.05, 0.1) is 6.04 Å². The number of ketones is 1. The molecule has 1 unspecified atom stereocenters.